The molecule has 3 rings (SSSR count). The third-order valence-corrected chi connectivity index (χ3v) is 8.02. The first-order valence-electron chi connectivity index (χ1n) is 9.71. The monoisotopic (exact) mass is 510 g/mol. The van der Waals surface area contributed by atoms with E-state index in [0.29, 0.717) is 27.3 Å². The predicted molar refractivity (Wildman–Crippen MR) is 132 cm³/mol. The van der Waals surface area contributed by atoms with Crippen molar-refractivity contribution in [3.05, 3.63) is 64.7 Å². The summed E-state index contributed by atoms with van der Waals surface area (Å²) in [7, 11) is -3.54. The van der Waals surface area contributed by atoms with E-state index in [2.05, 4.69) is 29.4 Å². The Hall–Kier alpha value is -2.14. The minimum Gasteiger partial charge on any atom is -0.296 e. The highest BCUT2D eigenvalue weighted by molar-refractivity contribution is 8.01. The van der Waals surface area contributed by atoms with Crippen molar-refractivity contribution in [1.29, 1.82) is 0 Å². The molecule has 1 aromatic heterocycles. The number of thioether (sulfide) groups is 1. The summed E-state index contributed by atoms with van der Waals surface area (Å²) in [4.78, 5) is 12.6. The number of aromatic nitrogens is 2. The Morgan fingerprint density at radius 3 is 2.38 bits per heavy atom. The highest BCUT2D eigenvalue weighted by Crippen LogP contribution is 2.27. The fourth-order valence-corrected chi connectivity index (χ4v) is 5.40. The van der Waals surface area contributed by atoms with Crippen LogP contribution >= 0.6 is 34.7 Å². The van der Waals surface area contributed by atoms with Gasteiger partial charge in [0.1, 0.15) is 0 Å². The van der Waals surface area contributed by atoms with Gasteiger partial charge in [-0.1, -0.05) is 60.7 Å². The largest absolute Gasteiger partial charge is 0.296 e. The number of nitrogens with zero attached hydrogens (tertiary/aromatic N) is 3. The van der Waals surface area contributed by atoms with Crippen molar-refractivity contribution in [3.63, 3.8) is 0 Å². The average molecular weight is 511 g/mol. The fraction of sp³-hybridized carbons (Fsp3) is 0.286. The van der Waals surface area contributed by atoms with Gasteiger partial charge in [-0.3, -0.25) is 14.4 Å². The highest BCUT2D eigenvalue weighted by atomic mass is 35.5. The van der Waals surface area contributed by atoms with Gasteiger partial charge in [0.2, 0.25) is 15.2 Å². The number of sulfonamides is 1. The Morgan fingerprint density at radius 1 is 1.12 bits per heavy atom. The molecule has 170 valence electrons. The van der Waals surface area contributed by atoms with E-state index in [1.54, 1.807) is 60.3 Å². The molecule has 0 unspecified atom stereocenters. The van der Waals surface area contributed by atoms with Crippen LogP contribution < -0.4 is 9.62 Å². The van der Waals surface area contributed by atoms with Gasteiger partial charge in [0.15, 0.2) is 4.34 Å². The Kier molecular flexibility index (Phi) is 8.16. The van der Waals surface area contributed by atoms with Crippen LogP contribution in [0.25, 0.3) is 0 Å². The number of anilines is 2. The summed E-state index contributed by atoms with van der Waals surface area (Å²) >= 11 is 8.84. The molecule has 0 aliphatic carbocycles. The van der Waals surface area contributed by atoms with Crippen LogP contribution in [-0.4, -0.2) is 36.5 Å². The summed E-state index contributed by atoms with van der Waals surface area (Å²) in [5.74, 6) is 1.13. The zero-order valence-corrected chi connectivity index (χ0v) is 21.0. The number of benzene rings is 2. The quantitative estimate of drug-likeness (QED) is 0.316. The number of hydrogen-bond donors (Lipinski definition) is 1. The van der Waals surface area contributed by atoms with E-state index < -0.39 is 10.0 Å². The number of amides is 1. The molecule has 32 heavy (non-hydrogen) atoms. The van der Waals surface area contributed by atoms with E-state index in [4.69, 9.17) is 11.6 Å². The third kappa shape index (κ3) is 6.93. The van der Waals surface area contributed by atoms with Crippen molar-refractivity contribution >= 4 is 61.4 Å². The average Bonchev–Trinajstić information content (AvgIpc) is 3.18. The Labute approximate surface area is 201 Å². The van der Waals surface area contributed by atoms with E-state index in [1.165, 1.54) is 15.6 Å². The predicted octanol–water partition coefficient (Wildman–Crippen LogP) is 5.16. The summed E-state index contributed by atoms with van der Waals surface area (Å²) in [6.07, 6.45) is 1.15. The van der Waals surface area contributed by atoms with Gasteiger partial charge in [-0.15, -0.1) is 10.2 Å². The van der Waals surface area contributed by atoms with Crippen molar-refractivity contribution in [2.45, 2.75) is 24.7 Å². The summed E-state index contributed by atoms with van der Waals surface area (Å²) < 4.78 is 26.8. The van der Waals surface area contributed by atoms with Crippen molar-refractivity contribution in [1.82, 2.24) is 10.2 Å². The molecule has 2 aromatic carbocycles. The zero-order valence-electron chi connectivity index (χ0n) is 17.8. The molecule has 0 aliphatic heterocycles. The van der Waals surface area contributed by atoms with Crippen LogP contribution in [0.2, 0.25) is 5.02 Å². The van der Waals surface area contributed by atoms with Crippen LogP contribution in [0.1, 0.15) is 29.8 Å². The number of carbonyl (C=O) groups excluding carboxylic acids is 1. The molecular formula is C21H23ClN4O3S3. The molecule has 0 atom stereocenters. The van der Waals surface area contributed by atoms with Crippen molar-refractivity contribution < 1.29 is 13.2 Å². The smallest absolute Gasteiger partial charge is 0.257 e. The molecule has 7 nitrogen and oxygen atoms in total. The third-order valence-electron chi connectivity index (χ3n) is 4.22. The second-order valence-electron chi connectivity index (χ2n) is 7.48. The molecule has 1 amide bonds. The van der Waals surface area contributed by atoms with Crippen LogP contribution in [0.5, 0.6) is 0 Å². The molecule has 0 saturated heterocycles. The lowest BCUT2D eigenvalue weighted by Gasteiger charge is -2.22. The second-order valence-corrected chi connectivity index (χ2v) is 12.1. The van der Waals surface area contributed by atoms with Crippen LogP contribution in [0.15, 0.2) is 52.9 Å². The van der Waals surface area contributed by atoms with Crippen LogP contribution in [0.4, 0.5) is 10.8 Å². The summed E-state index contributed by atoms with van der Waals surface area (Å²) in [6, 6.07) is 13.4. The number of hydrogen-bond acceptors (Lipinski definition) is 7. The van der Waals surface area contributed by atoms with Gasteiger partial charge in [0.05, 0.1) is 18.5 Å². The van der Waals surface area contributed by atoms with Gasteiger partial charge in [-0.05, 0) is 47.9 Å². The summed E-state index contributed by atoms with van der Waals surface area (Å²) in [6.45, 7) is 4.41. The lowest BCUT2D eigenvalue weighted by atomic mass is 10.2. The molecule has 0 spiro atoms. The van der Waals surface area contributed by atoms with Crippen molar-refractivity contribution in [2.75, 3.05) is 21.6 Å². The minimum absolute atomic E-state index is 0.156. The van der Waals surface area contributed by atoms with Crippen LogP contribution in [0, 0.1) is 5.92 Å². The van der Waals surface area contributed by atoms with Gasteiger partial charge in [0.25, 0.3) is 5.91 Å². The van der Waals surface area contributed by atoms with Gasteiger partial charge in [0, 0.05) is 16.3 Å². The maximum Gasteiger partial charge on any atom is 0.257 e. The van der Waals surface area contributed by atoms with E-state index in [-0.39, 0.29) is 12.5 Å². The maximum absolute atomic E-state index is 12.6. The van der Waals surface area contributed by atoms with Gasteiger partial charge >= 0.3 is 0 Å². The Balaban J connectivity index is 1.70. The van der Waals surface area contributed by atoms with Gasteiger partial charge < -0.3 is 0 Å². The zero-order chi connectivity index (χ0) is 23.3. The first kappa shape index (κ1) is 24.5. The van der Waals surface area contributed by atoms with E-state index >= 15 is 0 Å². The van der Waals surface area contributed by atoms with Crippen LogP contribution in [-0.2, 0) is 16.6 Å². The summed E-state index contributed by atoms with van der Waals surface area (Å²) in [5.41, 5.74) is 1.65. The number of nitrogens with one attached hydrogen (secondary N) is 1. The number of rotatable bonds is 9. The first-order chi connectivity index (χ1) is 15.1. The standard InChI is InChI=1S/C21H23ClN4O3S3/c1-14(2)13-30-21-25-24-20(31-21)23-19(27)16-6-10-18(11-7-16)26(32(3,28)29)12-15-4-8-17(22)9-5-15/h4-11,14H,12-13H2,1-3H3,(H,23,24,27). The Morgan fingerprint density at radius 2 is 1.78 bits per heavy atom. The normalized spacial score (nSPS) is 11.5. The van der Waals surface area contributed by atoms with Gasteiger partial charge in [-0.25, -0.2) is 8.42 Å². The van der Waals surface area contributed by atoms with E-state index in [1.807, 2.05) is 0 Å². The lowest BCUT2D eigenvalue weighted by molar-refractivity contribution is 0.102. The van der Waals surface area contributed by atoms with Crippen molar-refractivity contribution in [3.8, 4) is 0 Å². The summed E-state index contributed by atoms with van der Waals surface area (Å²) in [5, 5.41) is 11.8. The minimum atomic E-state index is -3.54. The second kappa shape index (κ2) is 10.7. The molecule has 3 aromatic rings. The fourth-order valence-electron chi connectivity index (χ4n) is 2.66. The molecule has 0 aliphatic rings. The maximum atomic E-state index is 12.6. The SMILES string of the molecule is CC(C)CSc1nnc(NC(=O)c2ccc(N(Cc3ccc(Cl)cc3)S(C)(=O)=O)cc2)s1. The van der Waals surface area contributed by atoms with Crippen LogP contribution in [0.3, 0.4) is 0 Å². The molecule has 1 heterocycles. The molecular weight excluding hydrogens is 488 g/mol. The highest BCUT2D eigenvalue weighted by Gasteiger charge is 2.19. The molecule has 0 radical (unpaired) electrons. The molecule has 0 bridgehead atoms. The number of carbonyl (C=O) groups is 1. The molecule has 11 heteroatoms. The first-order valence-corrected chi connectivity index (χ1v) is 13.7. The molecule has 0 saturated carbocycles. The topological polar surface area (TPSA) is 92.3 Å². The molecule has 0 fully saturated rings. The molecule has 1 N–H and O–H groups in total. The Bertz CT molecular complexity index is 1160. The van der Waals surface area contributed by atoms with Crippen molar-refractivity contribution in [2.24, 2.45) is 5.92 Å². The van der Waals surface area contributed by atoms with E-state index in [9.17, 15) is 13.2 Å². The van der Waals surface area contributed by atoms with Gasteiger partial charge in [-0.2, -0.15) is 0 Å². The van der Waals surface area contributed by atoms with E-state index in [0.717, 1.165) is 21.9 Å². The number of halogens is 1. The lowest BCUT2D eigenvalue weighted by Crippen LogP contribution is -2.29.